The molecule has 0 aliphatic carbocycles. The number of nitrogens with two attached hydrogens (primary N) is 1. The van der Waals surface area contributed by atoms with Gasteiger partial charge in [0.05, 0.1) is 5.56 Å². The second-order valence-corrected chi connectivity index (χ2v) is 4.73. The predicted molar refractivity (Wildman–Crippen MR) is 64.0 cm³/mol. The minimum Gasteiger partial charge on any atom is -0.330 e. The third-order valence-corrected chi connectivity index (χ3v) is 3.56. The molecule has 1 atom stereocenters. The first-order chi connectivity index (χ1) is 8.48. The van der Waals surface area contributed by atoms with Crippen LogP contribution in [0.25, 0.3) is 0 Å². The lowest BCUT2D eigenvalue weighted by atomic mass is 9.84. The molecular weight excluding hydrogens is 241 g/mol. The van der Waals surface area contributed by atoms with E-state index in [-0.39, 0.29) is 5.54 Å². The summed E-state index contributed by atoms with van der Waals surface area (Å²) in [4.78, 5) is 0. The summed E-state index contributed by atoms with van der Waals surface area (Å²) in [6.45, 7) is 1.29. The van der Waals surface area contributed by atoms with Gasteiger partial charge in [-0.3, -0.25) is 0 Å². The van der Waals surface area contributed by atoms with Crippen molar-refractivity contribution >= 4 is 0 Å². The second kappa shape index (κ2) is 4.90. The van der Waals surface area contributed by atoms with Crippen LogP contribution in [0.15, 0.2) is 24.3 Å². The topological polar surface area (TPSA) is 38.0 Å². The van der Waals surface area contributed by atoms with Gasteiger partial charge in [0, 0.05) is 5.54 Å². The van der Waals surface area contributed by atoms with Crippen molar-refractivity contribution in [2.45, 2.75) is 31.0 Å². The van der Waals surface area contributed by atoms with Crippen molar-refractivity contribution in [3.05, 3.63) is 35.4 Å². The highest BCUT2D eigenvalue weighted by Crippen LogP contribution is 2.37. The first kappa shape index (κ1) is 13.4. The van der Waals surface area contributed by atoms with Gasteiger partial charge in [0.1, 0.15) is 0 Å². The second-order valence-electron chi connectivity index (χ2n) is 4.73. The maximum atomic E-state index is 12.7. The smallest absolute Gasteiger partial charge is 0.330 e. The van der Waals surface area contributed by atoms with Gasteiger partial charge in [-0.25, -0.2) is 0 Å². The minimum absolute atomic E-state index is 0.379. The Bertz CT molecular complexity index is 409. The highest BCUT2D eigenvalue weighted by Gasteiger charge is 2.37. The first-order valence-corrected chi connectivity index (χ1v) is 6.11. The van der Waals surface area contributed by atoms with E-state index in [1.54, 1.807) is 6.07 Å². The quantitative estimate of drug-likeness (QED) is 0.874. The molecule has 0 aromatic heterocycles. The van der Waals surface area contributed by atoms with Crippen LogP contribution >= 0.6 is 0 Å². The number of rotatable bonds is 3. The Morgan fingerprint density at radius 3 is 2.67 bits per heavy atom. The van der Waals surface area contributed by atoms with Gasteiger partial charge in [0.25, 0.3) is 0 Å². The summed E-state index contributed by atoms with van der Waals surface area (Å²) in [6.07, 6.45) is -1.82. The van der Waals surface area contributed by atoms with E-state index < -0.39 is 11.7 Å². The van der Waals surface area contributed by atoms with Crippen LogP contribution in [0.5, 0.6) is 0 Å². The van der Waals surface area contributed by atoms with Gasteiger partial charge in [-0.05, 0) is 50.0 Å². The van der Waals surface area contributed by atoms with Gasteiger partial charge in [-0.15, -0.1) is 0 Å². The van der Waals surface area contributed by atoms with Crippen molar-refractivity contribution in [2.24, 2.45) is 5.73 Å². The molecule has 3 N–H and O–H groups in total. The molecule has 5 heteroatoms. The number of nitrogens with one attached hydrogen (secondary N) is 1. The fourth-order valence-corrected chi connectivity index (χ4v) is 2.65. The van der Waals surface area contributed by atoms with E-state index in [1.807, 2.05) is 0 Å². The number of benzene rings is 1. The average molecular weight is 258 g/mol. The normalized spacial score (nSPS) is 24.4. The molecule has 1 heterocycles. The largest absolute Gasteiger partial charge is 0.416 e. The molecule has 2 rings (SSSR count). The van der Waals surface area contributed by atoms with E-state index in [0.717, 1.165) is 25.5 Å². The standard InChI is InChI=1S/C13H17F3N2/c14-13(15,16)11-4-1-3-10(9-11)12(6-7-17)5-2-8-18-12/h1,3-4,9,18H,2,5-8,17H2. The molecule has 0 bridgehead atoms. The Kier molecular flexibility index (Phi) is 3.64. The van der Waals surface area contributed by atoms with E-state index in [9.17, 15) is 13.2 Å². The summed E-state index contributed by atoms with van der Waals surface area (Å²) in [7, 11) is 0. The molecule has 18 heavy (non-hydrogen) atoms. The van der Waals surface area contributed by atoms with E-state index in [0.29, 0.717) is 18.5 Å². The van der Waals surface area contributed by atoms with Crippen LogP contribution in [-0.2, 0) is 11.7 Å². The predicted octanol–water partition coefficient (Wildman–Crippen LogP) is 2.63. The molecule has 1 aliphatic heterocycles. The fourth-order valence-electron chi connectivity index (χ4n) is 2.65. The lowest BCUT2D eigenvalue weighted by Crippen LogP contribution is -2.38. The van der Waals surface area contributed by atoms with Gasteiger partial charge >= 0.3 is 6.18 Å². The lowest BCUT2D eigenvalue weighted by molar-refractivity contribution is -0.137. The van der Waals surface area contributed by atoms with Crippen LogP contribution in [0, 0.1) is 0 Å². The number of hydrogen-bond acceptors (Lipinski definition) is 2. The third kappa shape index (κ3) is 2.52. The van der Waals surface area contributed by atoms with Crippen LogP contribution in [-0.4, -0.2) is 13.1 Å². The van der Waals surface area contributed by atoms with Crippen molar-refractivity contribution in [3.63, 3.8) is 0 Å². The zero-order valence-corrected chi connectivity index (χ0v) is 10.1. The van der Waals surface area contributed by atoms with E-state index in [1.165, 1.54) is 12.1 Å². The van der Waals surface area contributed by atoms with Crippen molar-refractivity contribution in [2.75, 3.05) is 13.1 Å². The van der Waals surface area contributed by atoms with Gasteiger partial charge in [0.2, 0.25) is 0 Å². The Hall–Kier alpha value is -1.07. The van der Waals surface area contributed by atoms with Gasteiger partial charge in [-0.1, -0.05) is 12.1 Å². The van der Waals surface area contributed by atoms with Crippen molar-refractivity contribution in [1.82, 2.24) is 5.32 Å². The molecule has 1 aromatic carbocycles. The molecule has 1 saturated heterocycles. The monoisotopic (exact) mass is 258 g/mol. The lowest BCUT2D eigenvalue weighted by Gasteiger charge is -2.30. The molecule has 100 valence electrons. The van der Waals surface area contributed by atoms with Crippen molar-refractivity contribution in [3.8, 4) is 0 Å². The SMILES string of the molecule is NCCC1(c2cccc(C(F)(F)F)c2)CCCN1. The molecule has 1 unspecified atom stereocenters. The van der Waals surface area contributed by atoms with Gasteiger partial charge < -0.3 is 11.1 Å². The summed E-state index contributed by atoms with van der Waals surface area (Å²) in [5, 5.41) is 3.32. The highest BCUT2D eigenvalue weighted by molar-refractivity contribution is 5.32. The summed E-state index contributed by atoms with van der Waals surface area (Å²) >= 11 is 0. The Morgan fingerprint density at radius 1 is 1.33 bits per heavy atom. The van der Waals surface area contributed by atoms with Crippen LogP contribution in [0.3, 0.4) is 0 Å². The molecule has 2 nitrogen and oxygen atoms in total. The first-order valence-electron chi connectivity index (χ1n) is 6.11. The number of halogens is 3. The molecule has 1 fully saturated rings. The van der Waals surface area contributed by atoms with Crippen LogP contribution < -0.4 is 11.1 Å². The average Bonchev–Trinajstić information content (AvgIpc) is 2.79. The molecular formula is C13H17F3N2. The molecule has 0 saturated carbocycles. The van der Waals surface area contributed by atoms with Crippen molar-refractivity contribution in [1.29, 1.82) is 0 Å². The third-order valence-electron chi connectivity index (χ3n) is 3.56. The number of alkyl halides is 3. The fraction of sp³-hybridized carbons (Fsp3) is 0.538. The van der Waals surface area contributed by atoms with Crippen molar-refractivity contribution < 1.29 is 13.2 Å². The molecule has 0 spiro atoms. The molecule has 1 aliphatic rings. The van der Waals surface area contributed by atoms with E-state index in [2.05, 4.69) is 5.32 Å². The van der Waals surface area contributed by atoms with Gasteiger partial charge in [0.15, 0.2) is 0 Å². The van der Waals surface area contributed by atoms with Crippen LogP contribution in [0.1, 0.15) is 30.4 Å². The Balaban J connectivity index is 2.37. The van der Waals surface area contributed by atoms with E-state index >= 15 is 0 Å². The summed E-state index contributed by atoms with van der Waals surface area (Å²) < 4.78 is 38.2. The highest BCUT2D eigenvalue weighted by atomic mass is 19.4. The minimum atomic E-state index is -4.29. The zero-order chi connectivity index (χ0) is 13.2. The van der Waals surface area contributed by atoms with Crippen LogP contribution in [0.4, 0.5) is 13.2 Å². The Labute approximate surface area is 104 Å². The molecule has 1 aromatic rings. The summed E-state index contributed by atoms with van der Waals surface area (Å²) in [5.74, 6) is 0. The Morgan fingerprint density at radius 2 is 2.11 bits per heavy atom. The maximum Gasteiger partial charge on any atom is 0.416 e. The van der Waals surface area contributed by atoms with E-state index in [4.69, 9.17) is 5.73 Å². The maximum absolute atomic E-state index is 12.7. The zero-order valence-electron chi connectivity index (χ0n) is 10.1. The summed E-state index contributed by atoms with van der Waals surface area (Å²) in [6, 6.07) is 5.57. The number of hydrogen-bond donors (Lipinski definition) is 2. The van der Waals surface area contributed by atoms with Gasteiger partial charge in [-0.2, -0.15) is 13.2 Å². The summed E-state index contributed by atoms with van der Waals surface area (Å²) in [5.41, 5.74) is 5.32. The molecule has 0 amide bonds. The van der Waals surface area contributed by atoms with Crippen LogP contribution in [0.2, 0.25) is 0 Å². The molecule has 0 radical (unpaired) electrons.